The zero-order valence-corrected chi connectivity index (χ0v) is 17.3. The molecule has 3 aromatic rings. The summed E-state index contributed by atoms with van der Waals surface area (Å²) in [6.45, 7) is 9.24. The molecule has 3 aromatic heterocycles. The Hall–Kier alpha value is -2.45. The van der Waals surface area contributed by atoms with E-state index in [2.05, 4.69) is 20.5 Å². The number of nitrogens with zero attached hydrogens (tertiary/aromatic N) is 4. The zero-order valence-electron chi connectivity index (χ0n) is 16.4. The van der Waals surface area contributed by atoms with Crippen molar-refractivity contribution in [3.63, 3.8) is 0 Å². The Morgan fingerprint density at radius 1 is 1.43 bits per heavy atom. The van der Waals surface area contributed by atoms with E-state index in [0.717, 1.165) is 43.1 Å². The van der Waals surface area contributed by atoms with Crippen molar-refractivity contribution in [2.24, 2.45) is 0 Å². The van der Waals surface area contributed by atoms with E-state index in [-0.39, 0.29) is 11.9 Å². The predicted octanol–water partition coefficient (Wildman–Crippen LogP) is 2.93. The molecule has 1 N–H and O–H groups in total. The van der Waals surface area contributed by atoms with Crippen LogP contribution in [0.15, 0.2) is 28.4 Å². The molecule has 0 saturated carbocycles. The third-order valence-corrected chi connectivity index (χ3v) is 6.24. The van der Waals surface area contributed by atoms with Gasteiger partial charge in [-0.3, -0.25) is 14.4 Å². The van der Waals surface area contributed by atoms with Crippen LogP contribution < -0.4 is 5.32 Å². The number of aryl methyl sites for hydroxylation is 2. The lowest BCUT2D eigenvalue weighted by Gasteiger charge is -2.27. The summed E-state index contributed by atoms with van der Waals surface area (Å²) in [4.78, 5) is 16.5. The Bertz CT molecular complexity index is 940. The summed E-state index contributed by atoms with van der Waals surface area (Å²) in [6, 6.07) is 1.90. The first kappa shape index (κ1) is 18.9. The molecule has 0 spiro atoms. The minimum absolute atomic E-state index is 0.0105. The lowest BCUT2D eigenvalue weighted by atomic mass is 10.0. The SMILES string of the molecule is Cc1noc(C)c1CN1CCc2c(C(=O)N[C@@H](C)Cn3cccn3)csc2C1. The molecular weight excluding hydrogens is 374 g/mol. The third-order valence-electron chi connectivity index (χ3n) is 5.23. The Balaban J connectivity index is 1.40. The van der Waals surface area contributed by atoms with Crippen molar-refractivity contribution in [2.45, 2.75) is 52.9 Å². The molecule has 4 heterocycles. The summed E-state index contributed by atoms with van der Waals surface area (Å²) in [5.74, 6) is 0.900. The molecule has 0 saturated heterocycles. The Kier molecular flexibility index (Phi) is 5.32. The molecule has 1 aliphatic heterocycles. The van der Waals surface area contributed by atoms with E-state index < -0.39 is 0 Å². The summed E-state index contributed by atoms with van der Waals surface area (Å²) < 4.78 is 7.12. The van der Waals surface area contributed by atoms with Crippen LogP contribution in [0.2, 0.25) is 0 Å². The van der Waals surface area contributed by atoms with Crippen LogP contribution in [-0.4, -0.2) is 38.3 Å². The highest BCUT2D eigenvalue weighted by atomic mass is 32.1. The Morgan fingerprint density at radius 2 is 2.29 bits per heavy atom. The van der Waals surface area contributed by atoms with Crippen LogP contribution >= 0.6 is 11.3 Å². The first-order valence-electron chi connectivity index (χ1n) is 9.53. The number of rotatable bonds is 6. The van der Waals surface area contributed by atoms with Gasteiger partial charge in [-0.25, -0.2) is 0 Å². The first-order valence-corrected chi connectivity index (χ1v) is 10.4. The number of hydrogen-bond donors (Lipinski definition) is 1. The fourth-order valence-electron chi connectivity index (χ4n) is 3.69. The van der Waals surface area contributed by atoms with Gasteiger partial charge >= 0.3 is 0 Å². The molecule has 1 aliphatic rings. The molecule has 0 aliphatic carbocycles. The fraction of sp³-hybridized carbons (Fsp3) is 0.450. The maximum Gasteiger partial charge on any atom is 0.252 e. The summed E-state index contributed by atoms with van der Waals surface area (Å²) in [6.07, 6.45) is 4.54. The topological polar surface area (TPSA) is 76.2 Å². The van der Waals surface area contributed by atoms with Gasteiger partial charge in [0.25, 0.3) is 5.91 Å². The number of hydrogen-bond acceptors (Lipinski definition) is 6. The van der Waals surface area contributed by atoms with Gasteiger partial charge in [0.05, 0.1) is 17.8 Å². The molecule has 0 fully saturated rings. The smallest absolute Gasteiger partial charge is 0.252 e. The second-order valence-corrected chi connectivity index (χ2v) is 8.38. The molecule has 4 rings (SSSR count). The average molecular weight is 400 g/mol. The van der Waals surface area contributed by atoms with Crippen LogP contribution in [0.25, 0.3) is 0 Å². The van der Waals surface area contributed by atoms with Gasteiger partial charge in [0.1, 0.15) is 5.76 Å². The van der Waals surface area contributed by atoms with Gasteiger partial charge < -0.3 is 9.84 Å². The number of carbonyl (C=O) groups excluding carboxylic acids is 1. The van der Waals surface area contributed by atoms with Gasteiger partial charge in [0.2, 0.25) is 0 Å². The molecule has 0 aromatic carbocycles. The maximum atomic E-state index is 12.8. The quantitative estimate of drug-likeness (QED) is 0.690. The van der Waals surface area contributed by atoms with Crippen molar-refractivity contribution in [3.05, 3.63) is 56.9 Å². The first-order chi connectivity index (χ1) is 13.5. The van der Waals surface area contributed by atoms with E-state index >= 15 is 0 Å². The van der Waals surface area contributed by atoms with Gasteiger partial charge in [-0.2, -0.15) is 5.10 Å². The number of carbonyl (C=O) groups is 1. The van der Waals surface area contributed by atoms with Gasteiger partial charge in [0.15, 0.2) is 0 Å². The third kappa shape index (κ3) is 3.88. The van der Waals surface area contributed by atoms with Crippen LogP contribution in [0.3, 0.4) is 0 Å². The van der Waals surface area contributed by atoms with Crippen molar-refractivity contribution >= 4 is 17.2 Å². The molecule has 1 amide bonds. The molecule has 0 unspecified atom stereocenters. The standard InChI is InChI=1S/C20H25N5O2S/c1-13(9-25-7-4-6-21-25)22-20(26)18-12-28-19-11-24(8-5-16(18)19)10-17-14(2)23-27-15(17)3/h4,6-7,12-13H,5,8-11H2,1-3H3,(H,22,26)/t13-/m0/s1. The predicted molar refractivity (Wildman–Crippen MR) is 107 cm³/mol. The number of thiophene rings is 1. The molecule has 7 nitrogen and oxygen atoms in total. The summed E-state index contributed by atoms with van der Waals surface area (Å²) in [5, 5.41) is 13.4. The molecule has 28 heavy (non-hydrogen) atoms. The molecule has 1 atom stereocenters. The Labute approximate surface area is 168 Å². The number of aromatic nitrogens is 3. The summed E-state index contributed by atoms with van der Waals surface area (Å²) >= 11 is 1.68. The van der Waals surface area contributed by atoms with Crippen LogP contribution in [-0.2, 0) is 26.1 Å². The lowest BCUT2D eigenvalue weighted by molar-refractivity contribution is 0.0934. The van der Waals surface area contributed by atoms with E-state index in [4.69, 9.17) is 4.52 Å². The summed E-state index contributed by atoms with van der Waals surface area (Å²) in [7, 11) is 0. The van der Waals surface area contributed by atoms with Gasteiger partial charge in [-0.1, -0.05) is 5.16 Å². The molecule has 0 bridgehead atoms. The highest BCUT2D eigenvalue weighted by Crippen LogP contribution is 2.30. The molecular formula is C20H25N5O2S. The van der Waals surface area contributed by atoms with E-state index in [0.29, 0.717) is 6.54 Å². The second kappa shape index (κ2) is 7.89. The van der Waals surface area contributed by atoms with Crippen LogP contribution in [0, 0.1) is 13.8 Å². The highest BCUT2D eigenvalue weighted by Gasteiger charge is 2.25. The van der Waals surface area contributed by atoms with Gasteiger partial charge in [0, 0.05) is 53.9 Å². The highest BCUT2D eigenvalue weighted by molar-refractivity contribution is 7.10. The van der Waals surface area contributed by atoms with E-state index in [1.165, 1.54) is 16.0 Å². The zero-order chi connectivity index (χ0) is 19.7. The fourth-order valence-corrected chi connectivity index (χ4v) is 4.82. The van der Waals surface area contributed by atoms with Crippen molar-refractivity contribution in [2.75, 3.05) is 6.54 Å². The summed E-state index contributed by atoms with van der Waals surface area (Å²) in [5.41, 5.74) is 4.15. The van der Waals surface area contributed by atoms with Gasteiger partial charge in [-0.05, 0) is 38.8 Å². The minimum atomic E-state index is 0.0105. The lowest BCUT2D eigenvalue weighted by Crippen LogP contribution is -2.37. The van der Waals surface area contributed by atoms with E-state index in [9.17, 15) is 4.79 Å². The van der Waals surface area contributed by atoms with Crippen molar-refractivity contribution in [1.82, 2.24) is 25.2 Å². The molecule has 8 heteroatoms. The van der Waals surface area contributed by atoms with Crippen molar-refractivity contribution in [3.8, 4) is 0 Å². The largest absolute Gasteiger partial charge is 0.361 e. The average Bonchev–Trinajstić information content (AvgIpc) is 3.38. The normalized spacial score (nSPS) is 15.4. The van der Waals surface area contributed by atoms with Crippen LogP contribution in [0.1, 0.15) is 44.7 Å². The van der Waals surface area contributed by atoms with Gasteiger partial charge in [-0.15, -0.1) is 11.3 Å². The number of fused-ring (bicyclic) bond motifs is 1. The van der Waals surface area contributed by atoms with Crippen molar-refractivity contribution < 1.29 is 9.32 Å². The molecule has 0 radical (unpaired) electrons. The molecule has 148 valence electrons. The second-order valence-electron chi connectivity index (χ2n) is 7.42. The van der Waals surface area contributed by atoms with Crippen LogP contribution in [0.4, 0.5) is 0 Å². The van der Waals surface area contributed by atoms with Crippen molar-refractivity contribution in [1.29, 1.82) is 0 Å². The van der Waals surface area contributed by atoms with E-state index in [1.54, 1.807) is 17.5 Å². The maximum absolute atomic E-state index is 12.8. The number of nitrogens with one attached hydrogen (secondary N) is 1. The van der Waals surface area contributed by atoms with Crippen LogP contribution in [0.5, 0.6) is 0 Å². The monoisotopic (exact) mass is 399 g/mol. The minimum Gasteiger partial charge on any atom is -0.361 e. The Morgan fingerprint density at radius 3 is 3.00 bits per heavy atom. The number of amides is 1. The van der Waals surface area contributed by atoms with E-state index in [1.807, 2.05) is 43.1 Å².